The molecule has 2 rings (SSSR count). The van der Waals surface area contributed by atoms with Crippen LogP contribution in [0.5, 0.6) is 0 Å². The zero-order chi connectivity index (χ0) is 13.2. The zero-order valence-electron chi connectivity index (χ0n) is 9.46. The molecule has 1 heterocycles. The van der Waals surface area contributed by atoms with Gasteiger partial charge in [-0.05, 0) is 24.3 Å². The Morgan fingerprint density at radius 1 is 1.06 bits per heavy atom. The third-order valence-corrected chi connectivity index (χ3v) is 2.92. The largest absolute Gasteiger partial charge is 0.284 e. The van der Waals surface area contributed by atoms with Gasteiger partial charge in [0, 0.05) is 11.3 Å². The van der Waals surface area contributed by atoms with Crippen molar-refractivity contribution in [1.29, 1.82) is 0 Å². The molecule has 0 aliphatic rings. The number of nitrogens with zero attached hydrogens (tertiary/aromatic N) is 2. The third-order valence-electron chi connectivity index (χ3n) is 2.12. The highest BCUT2D eigenvalue weighted by atomic mass is 35.5. The summed E-state index contributed by atoms with van der Waals surface area (Å²) in [4.78, 5) is 0. The Balaban J connectivity index is 2.25. The Morgan fingerprint density at radius 3 is 2.22 bits per heavy atom. The van der Waals surface area contributed by atoms with Crippen LogP contribution in [0.25, 0.3) is 11.3 Å². The summed E-state index contributed by atoms with van der Waals surface area (Å²) >= 11 is 5.65. The molecule has 1 N–H and O–H groups in total. The molecule has 0 amide bonds. The molecule has 18 heavy (non-hydrogen) atoms. The molecule has 0 aliphatic carbocycles. The molecule has 1 aromatic carbocycles. The van der Waals surface area contributed by atoms with Gasteiger partial charge in [0.2, 0.25) is 10.0 Å². The summed E-state index contributed by atoms with van der Waals surface area (Å²) in [6, 6.07) is 10.2. The minimum Gasteiger partial charge on any atom is -0.284 e. The molecule has 0 fully saturated rings. The highest BCUT2D eigenvalue weighted by molar-refractivity contribution is 7.92. The number of benzene rings is 1. The van der Waals surface area contributed by atoms with Gasteiger partial charge in [0.15, 0.2) is 5.15 Å². The van der Waals surface area contributed by atoms with Gasteiger partial charge in [-0.3, -0.25) is 4.72 Å². The van der Waals surface area contributed by atoms with Crippen molar-refractivity contribution in [2.45, 2.75) is 0 Å². The van der Waals surface area contributed by atoms with Gasteiger partial charge < -0.3 is 0 Å². The molecule has 1 aromatic heterocycles. The van der Waals surface area contributed by atoms with E-state index in [0.29, 0.717) is 16.5 Å². The number of halogens is 1. The molecule has 0 bridgehead atoms. The predicted molar refractivity (Wildman–Crippen MR) is 70.9 cm³/mol. The Morgan fingerprint density at radius 2 is 1.72 bits per heavy atom. The quantitative estimate of drug-likeness (QED) is 0.937. The van der Waals surface area contributed by atoms with Gasteiger partial charge in [-0.1, -0.05) is 23.7 Å². The van der Waals surface area contributed by atoms with Gasteiger partial charge in [0.1, 0.15) is 0 Å². The molecule has 2 aromatic rings. The lowest BCUT2D eigenvalue weighted by Gasteiger charge is -2.05. The number of anilines is 1. The highest BCUT2D eigenvalue weighted by Gasteiger charge is 2.03. The Bertz CT molecular complexity index is 639. The topological polar surface area (TPSA) is 72.0 Å². The Kier molecular flexibility index (Phi) is 3.49. The van der Waals surface area contributed by atoms with Gasteiger partial charge in [-0.2, -0.15) is 0 Å². The van der Waals surface area contributed by atoms with E-state index >= 15 is 0 Å². The molecule has 94 valence electrons. The fraction of sp³-hybridized carbons (Fsp3) is 0.0909. The molecule has 0 spiro atoms. The first-order valence-electron chi connectivity index (χ1n) is 5.01. The molecule has 0 aliphatic heterocycles. The summed E-state index contributed by atoms with van der Waals surface area (Å²) in [5, 5.41) is 8.00. The number of aromatic nitrogens is 2. The summed E-state index contributed by atoms with van der Waals surface area (Å²) in [6.45, 7) is 0. The molecule has 0 atom stereocenters. The van der Waals surface area contributed by atoms with E-state index in [9.17, 15) is 8.42 Å². The van der Waals surface area contributed by atoms with Crippen LogP contribution >= 0.6 is 11.6 Å². The normalized spacial score (nSPS) is 11.2. The first kappa shape index (κ1) is 12.8. The van der Waals surface area contributed by atoms with Crippen molar-refractivity contribution in [3.63, 3.8) is 0 Å². The van der Waals surface area contributed by atoms with E-state index in [0.717, 1.165) is 11.8 Å². The zero-order valence-corrected chi connectivity index (χ0v) is 11.0. The average Bonchev–Trinajstić information content (AvgIpc) is 2.29. The van der Waals surface area contributed by atoms with E-state index in [4.69, 9.17) is 11.6 Å². The van der Waals surface area contributed by atoms with Crippen LogP contribution in [0, 0.1) is 0 Å². The van der Waals surface area contributed by atoms with Crippen LogP contribution in [0.15, 0.2) is 36.4 Å². The minimum atomic E-state index is -3.26. The monoisotopic (exact) mass is 283 g/mol. The Hall–Kier alpha value is -1.66. The molecule has 0 saturated carbocycles. The van der Waals surface area contributed by atoms with Crippen LogP contribution in [0.4, 0.5) is 5.69 Å². The Labute approximate surface area is 110 Å². The van der Waals surface area contributed by atoms with Crippen molar-refractivity contribution in [2.24, 2.45) is 0 Å². The van der Waals surface area contributed by atoms with Crippen LogP contribution in [-0.2, 0) is 10.0 Å². The molecule has 7 heteroatoms. The summed E-state index contributed by atoms with van der Waals surface area (Å²) in [6.07, 6.45) is 1.10. The second kappa shape index (κ2) is 4.91. The standard InChI is InChI=1S/C11H10ClN3O2S/c1-18(16,17)15-9-4-2-8(3-5-9)10-6-7-11(12)14-13-10/h2-7,15H,1H3. The lowest BCUT2D eigenvalue weighted by atomic mass is 10.1. The first-order chi connectivity index (χ1) is 8.44. The maximum absolute atomic E-state index is 11.0. The number of sulfonamides is 1. The van der Waals surface area contributed by atoms with E-state index < -0.39 is 10.0 Å². The molecule has 0 radical (unpaired) electrons. The molecular formula is C11H10ClN3O2S. The lowest BCUT2D eigenvalue weighted by molar-refractivity contribution is 0.607. The fourth-order valence-corrected chi connectivity index (χ4v) is 2.06. The van der Waals surface area contributed by atoms with E-state index in [2.05, 4.69) is 14.9 Å². The average molecular weight is 284 g/mol. The molecule has 5 nitrogen and oxygen atoms in total. The smallest absolute Gasteiger partial charge is 0.229 e. The number of hydrogen-bond acceptors (Lipinski definition) is 4. The van der Waals surface area contributed by atoms with Crippen molar-refractivity contribution in [2.75, 3.05) is 11.0 Å². The predicted octanol–water partition coefficient (Wildman–Crippen LogP) is 2.17. The first-order valence-corrected chi connectivity index (χ1v) is 7.28. The maximum Gasteiger partial charge on any atom is 0.229 e. The van der Waals surface area contributed by atoms with E-state index in [1.54, 1.807) is 36.4 Å². The van der Waals surface area contributed by atoms with E-state index in [1.807, 2.05) is 0 Å². The van der Waals surface area contributed by atoms with Crippen LogP contribution in [0.1, 0.15) is 0 Å². The molecule has 0 unspecified atom stereocenters. The summed E-state index contributed by atoms with van der Waals surface area (Å²) in [5.74, 6) is 0. The van der Waals surface area contributed by atoms with Crippen molar-refractivity contribution in [3.05, 3.63) is 41.6 Å². The highest BCUT2D eigenvalue weighted by Crippen LogP contribution is 2.20. The summed E-state index contributed by atoms with van der Waals surface area (Å²) in [5.41, 5.74) is 2.01. The van der Waals surface area contributed by atoms with Crippen LogP contribution < -0.4 is 4.72 Å². The lowest BCUT2D eigenvalue weighted by Crippen LogP contribution is -2.09. The second-order valence-corrected chi connectivity index (χ2v) is 5.83. The molecule has 0 saturated heterocycles. The van der Waals surface area contributed by atoms with E-state index in [1.165, 1.54) is 0 Å². The van der Waals surface area contributed by atoms with E-state index in [-0.39, 0.29) is 0 Å². The maximum atomic E-state index is 11.0. The van der Waals surface area contributed by atoms with Gasteiger partial charge in [0.05, 0.1) is 11.9 Å². The summed E-state index contributed by atoms with van der Waals surface area (Å²) in [7, 11) is -3.26. The van der Waals surface area contributed by atoms with Crippen molar-refractivity contribution >= 4 is 27.3 Å². The van der Waals surface area contributed by atoms with Crippen molar-refractivity contribution in [3.8, 4) is 11.3 Å². The SMILES string of the molecule is CS(=O)(=O)Nc1ccc(-c2ccc(Cl)nn2)cc1. The summed E-state index contributed by atoms with van der Waals surface area (Å²) < 4.78 is 24.5. The number of hydrogen-bond donors (Lipinski definition) is 1. The van der Waals surface area contributed by atoms with Crippen molar-refractivity contribution < 1.29 is 8.42 Å². The van der Waals surface area contributed by atoms with Crippen LogP contribution in [-0.4, -0.2) is 24.9 Å². The number of nitrogens with one attached hydrogen (secondary N) is 1. The van der Waals surface area contributed by atoms with Crippen LogP contribution in [0.3, 0.4) is 0 Å². The molecular weight excluding hydrogens is 274 g/mol. The van der Waals surface area contributed by atoms with Crippen LogP contribution in [0.2, 0.25) is 5.15 Å². The van der Waals surface area contributed by atoms with Crippen molar-refractivity contribution in [1.82, 2.24) is 10.2 Å². The van der Waals surface area contributed by atoms with Gasteiger partial charge in [0.25, 0.3) is 0 Å². The number of rotatable bonds is 3. The van der Waals surface area contributed by atoms with Gasteiger partial charge in [-0.15, -0.1) is 10.2 Å². The second-order valence-electron chi connectivity index (χ2n) is 3.69. The van der Waals surface area contributed by atoms with Gasteiger partial charge in [-0.25, -0.2) is 8.42 Å². The van der Waals surface area contributed by atoms with Gasteiger partial charge >= 0.3 is 0 Å². The fourth-order valence-electron chi connectivity index (χ4n) is 1.39. The minimum absolute atomic E-state index is 0.328. The third kappa shape index (κ3) is 3.41.